The second kappa shape index (κ2) is 6.18. The van der Waals surface area contributed by atoms with Crippen LogP contribution in [0.2, 0.25) is 5.02 Å². The van der Waals surface area contributed by atoms with Gasteiger partial charge in [0.15, 0.2) is 0 Å². The van der Waals surface area contributed by atoms with E-state index >= 15 is 0 Å². The van der Waals surface area contributed by atoms with Crippen LogP contribution in [0.1, 0.15) is 17.4 Å². The zero-order chi connectivity index (χ0) is 13.0. The first-order valence-corrected chi connectivity index (χ1v) is 7.03. The van der Waals surface area contributed by atoms with E-state index in [-0.39, 0.29) is 6.61 Å². The first-order valence-electron chi connectivity index (χ1n) is 5.77. The van der Waals surface area contributed by atoms with E-state index in [1.165, 1.54) is 4.88 Å². The summed E-state index contributed by atoms with van der Waals surface area (Å²) < 4.78 is 0. The molecule has 0 spiro atoms. The van der Waals surface area contributed by atoms with Crippen LogP contribution in [0.3, 0.4) is 0 Å². The molecule has 0 amide bonds. The SMILES string of the molecule is CCN(Cc1cccs1)c1ncc(CO)cc1Cl. The number of nitrogens with zero attached hydrogens (tertiary/aromatic N) is 2. The number of thiophene rings is 1. The zero-order valence-electron chi connectivity index (χ0n) is 10.1. The molecule has 0 fully saturated rings. The molecule has 2 heterocycles. The lowest BCUT2D eigenvalue weighted by Crippen LogP contribution is -2.23. The molecule has 0 bridgehead atoms. The fraction of sp³-hybridized carbons (Fsp3) is 0.308. The molecule has 0 saturated carbocycles. The van der Waals surface area contributed by atoms with Crippen LogP contribution in [0.15, 0.2) is 29.8 Å². The fourth-order valence-corrected chi connectivity index (χ4v) is 2.74. The minimum Gasteiger partial charge on any atom is -0.392 e. The zero-order valence-corrected chi connectivity index (χ0v) is 11.7. The average Bonchev–Trinajstić information content (AvgIpc) is 2.89. The molecule has 0 aliphatic rings. The summed E-state index contributed by atoms with van der Waals surface area (Å²) in [5, 5.41) is 11.7. The molecule has 1 N–H and O–H groups in total. The summed E-state index contributed by atoms with van der Waals surface area (Å²) >= 11 is 7.93. The highest BCUT2D eigenvalue weighted by Gasteiger charge is 2.12. The first-order chi connectivity index (χ1) is 8.74. The smallest absolute Gasteiger partial charge is 0.147 e. The van der Waals surface area contributed by atoms with Crippen LogP contribution in [-0.2, 0) is 13.2 Å². The minimum atomic E-state index is -0.0376. The van der Waals surface area contributed by atoms with E-state index in [4.69, 9.17) is 16.7 Å². The number of hydrogen-bond acceptors (Lipinski definition) is 4. The lowest BCUT2D eigenvalue weighted by atomic mass is 10.3. The van der Waals surface area contributed by atoms with Crippen LogP contribution in [0.5, 0.6) is 0 Å². The van der Waals surface area contributed by atoms with Crippen molar-refractivity contribution in [1.82, 2.24) is 4.98 Å². The Kier molecular flexibility index (Phi) is 4.58. The molecule has 0 radical (unpaired) electrons. The van der Waals surface area contributed by atoms with Crippen molar-refractivity contribution in [3.8, 4) is 0 Å². The Morgan fingerprint density at radius 2 is 2.33 bits per heavy atom. The summed E-state index contributed by atoms with van der Waals surface area (Å²) in [6.07, 6.45) is 1.66. The molecule has 2 rings (SSSR count). The van der Waals surface area contributed by atoms with Crippen molar-refractivity contribution in [3.05, 3.63) is 45.2 Å². The predicted molar refractivity (Wildman–Crippen MR) is 76.2 cm³/mol. The molecule has 0 saturated heterocycles. The summed E-state index contributed by atoms with van der Waals surface area (Å²) in [5.74, 6) is 0.768. The average molecular weight is 283 g/mol. The van der Waals surface area contributed by atoms with Gasteiger partial charge in [0.05, 0.1) is 18.2 Å². The fourth-order valence-electron chi connectivity index (χ4n) is 1.72. The second-order valence-corrected chi connectivity index (χ2v) is 5.34. The van der Waals surface area contributed by atoms with E-state index in [0.717, 1.165) is 24.5 Å². The molecule has 96 valence electrons. The monoisotopic (exact) mass is 282 g/mol. The molecular formula is C13H15ClN2OS. The summed E-state index contributed by atoms with van der Waals surface area (Å²) in [4.78, 5) is 7.74. The van der Waals surface area contributed by atoms with Gasteiger partial charge in [0, 0.05) is 17.6 Å². The number of anilines is 1. The van der Waals surface area contributed by atoms with Gasteiger partial charge in [-0.3, -0.25) is 0 Å². The van der Waals surface area contributed by atoms with Crippen molar-refractivity contribution in [2.24, 2.45) is 0 Å². The van der Waals surface area contributed by atoms with Crippen molar-refractivity contribution in [3.63, 3.8) is 0 Å². The molecule has 18 heavy (non-hydrogen) atoms. The molecule has 0 aromatic carbocycles. The number of aliphatic hydroxyl groups excluding tert-OH is 1. The van der Waals surface area contributed by atoms with Gasteiger partial charge in [-0.15, -0.1) is 11.3 Å². The molecule has 2 aromatic heterocycles. The number of halogens is 1. The van der Waals surface area contributed by atoms with E-state index in [9.17, 15) is 0 Å². The van der Waals surface area contributed by atoms with E-state index < -0.39 is 0 Å². The highest BCUT2D eigenvalue weighted by molar-refractivity contribution is 7.09. The highest BCUT2D eigenvalue weighted by Crippen LogP contribution is 2.26. The molecule has 5 heteroatoms. The van der Waals surface area contributed by atoms with E-state index in [2.05, 4.69) is 28.3 Å². The Morgan fingerprint density at radius 1 is 1.50 bits per heavy atom. The van der Waals surface area contributed by atoms with Crippen LogP contribution in [0, 0.1) is 0 Å². The maximum Gasteiger partial charge on any atom is 0.147 e. The Hall–Kier alpha value is -1.10. The van der Waals surface area contributed by atoms with Gasteiger partial charge in [-0.1, -0.05) is 17.7 Å². The summed E-state index contributed by atoms with van der Waals surface area (Å²) in [6, 6.07) is 5.90. The lowest BCUT2D eigenvalue weighted by Gasteiger charge is -2.22. The largest absolute Gasteiger partial charge is 0.392 e. The Balaban J connectivity index is 2.22. The number of rotatable bonds is 5. The van der Waals surface area contributed by atoms with Gasteiger partial charge in [-0.2, -0.15) is 0 Å². The summed E-state index contributed by atoms with van der Waals surface area (Å²) in [7, 11) is 0. The standard InChI is InChI=1S/C13H15ClN2OS/c1-2-16(8-11-4-3-5-18-11)13-12(14)6-10(9-17)7-15-13/h3-7,17H,2,8-9H2,1H3. The van der Waals surface area contributed by atoms with Crippen molar-refractivity contribution in [2.45, 2.75) is 20.1 Å². The molecular weight excluding hydrogens is 268 g/mol. The van der Waals surface area contributed by atoms with Crippen LogP contribution in [-0.4, -0.2) is 16.6 Å². The van der Waals surface area contributed by atoms with Crippen LogP contribution < -0.4 is 4.90 Å². The van der Waals surface area contributed by atoms with Gasteiger partial charge in [0.2, 0.25) is 0 Å². The number of aliphatic hydroxyl groups is 1. The number of pyridine rings is 1. The Morgan fingerprint density at radius 3 is 2.89 bits per heavy atom. The first kappa shape index (κ1) is 13.3. The van der Waals surface area contributed by atoms with Crippen molar-refractivity contribution >= 4 is 28.8 Å². The molecule has 3 nitrogen and oxygen atoms in total. The topological polar surface area (TPSA) is 36.4 Å². The molecule has 0 aliphatic carbocycles. The van der Waals surface area contributed by atoms with Crippen molar-refractivity contribution in [2.75, 3.05) is 11.4 Å². The van der Waals surface area contributed by atoms with E-state index in [0.29, 0.717) is 5.02 Å². The summed E-state index contributed by atoms with van der Waals surface area (Å²) in [5.41, 5.74) is 0.732. The Labute approximate surface area is 116 Å². The van der Waals surface area contributed by atoms with Crippen molar-refractivity contribution in [1.29, 1.82) is 0 Å². The highest BCUT2D eigenvalue weighted by atomic mass is 35.5. The predicted octanol–water partition coefficient (Wildman–Crippen LogP) is 3.32. The van der Waals surface area contributed by atoms with Crippen LogP contribution >= 0.6 is 22.9 Å². The van der Waals surface area contributed by atoms with E-state index in [1.807, 2.05) is 6.07 Å². The van der Waals surface area contributed by atoms with Gasteiger partial charge in [0.1, 0.15) is 5.82 Å². The summed E-state index contributed by atoms with van der Waals surface area (Å²) in [6.45, 7) is 3.68. The minimum absolute atomic E-state index is 0.0376. The van der Waals surface area contributed by atoms with E-state index in [1.54, 1.807) is 23.6 Å². The quantitative estimate of drug-likeness (QED) is 0.914. The third-order valence-electron chi connectivity index (χ3n) is 2.67. The van der Waals surface area contributed by atoms with Crippen LogP contribution in [0.25, 0.3) is 0 Å². The van der Waals surface area contributed by atoms with Crippen LogP contribution in [0.4, 0.5) is 5.82 Å². The molecule has 0 aliphatic heterocycles. The molecule has 0 atom stereocenters. The van der Waals surface area contributed by atoms with Gasteiger partial charge in [0.25, 0.3) is 0 Å². The third kappa shape index (κ3) is 3.02. The second-order valence-electron chi connectivity index (χ2n) is 3.90. The maximum atomic E-state index is 9.05. The maximum absolute atomic E-state index is 9.05. The van der Waals surface area contributed by atoms with Gasteiger partial charge in [-0.05, 0) is 30.0 Å². The molecule has 0 unspecified atom stereocenters. The third-order valence-corrected chi connectivity index (χ3v) is 3.81. The number of hydrogen-bond donors (Lipinski definition) is 1. The number of aromatic nitrogens is 1. The lowest BCUT2D eigenvalue weighted by molar-refractivity contribution is 0.281. The normalized spacial score (nSPS) is 10.6. The van der Waals surface area contributed by atoms with Crippen molar-refractivity contribution < 1.29 is 5.11 Å². The van der Waals surface area contributed by atoms with Gasteiger partial charge < -0.3 is 10.0 Å². The Bertz CT molecular complexity index is 502. The molecule has 2 aromatic rings. The van der Waals surface area contributed by atoms with Gasteiger partial charge >= 0.3 is 0 Å². The van der Waals surface area contributed by atoms with Gasteiger partial charge in [-0.25, -0.2) is 4.98 Å².